The third-order valence-electron chi connectivity index (χ3n) is 4.76. The van der Waals surface area contributed by atoms with E-state index in [0.29, 0.717) is 12.8 Å². The maximum Gasteiger partial charge on any atom is 0.157 e. The topological polar surface area (TPSA) is 20.3 Å². The summed E-state index contributed by atoms with van der Waals surface area (Å²) < 4.78 is 27.0. The predicted molar refractivity (Wildman–Crippen MR) is 79.2 cm³/mol. The summed E-state index contributed by atoms with van der Waals surface area (Å²) in [7, 11) is 0. The summed E-state index contributed by atoms with van der Waals surface area (Å²) in [4.78, 5) is 15.0. The van der Waals surface area contributed by atoms with Gasteiger partial charge >= 0.3 is 0 Å². The van der Waals surface area contributed by atoms with Crippen molar-refractivity contribution >= 4 is 5.78 Å². The zero-order valence-corrected chi connectivity index (χ0v) is 12.8. The Bertz CT molecular complexity index is 506. The molecule has 0 radical (unpaired) electrons. The minimum Gasteiger partial charge on any atom is -0.297 e. The van der Waals surface area contributed by atoms with Crippen LogP contribution in [0.2, 0.25) is 0 Å². The van der Waals surface area contributed by atoms with E-state index in [1.165, 1.54) is 0 Å². The van der Waals surface area contributed by atoms with E-state index >= 15 is 0 Å². The maximum atomic E-state index is 13.8. The van der Waals surface area contributed by atoms with Crippen LogP contribution in [0, 0.1) is 11.6 Å². The van der Waals surface area contributed by atoms with E-state index in [0.717, 1.165) is 44.1 Å². The Labute approximate surface area is 125 Å². The number of benzene rings is 1. The number of carbonyl (C=O) groups is 1. The van der Waals surface area contributed by atoms with Gasteiger partial charge in [0.05, 0.1) is 5.54 Å². The number of carbonyl (C=O) groups excluding carboxylic acids is 1. The molecule has 21 heavy (non-hydrogen) atoms. The molecule has 0 spiro atoms. The summed E-state index contributed by atoms with van der Waals surface area (Å²) in [5, 5.41) is 0. The van der Waals surface area contributed by atoms with Crippen LogP contribution in [0.5, 0.6) is 0 Å². The van der Waals surface area contributed by atoms with Crippen molar-refractivity contribution in [2.24, 2.45) is 0 Å². The fourth-order valence-electron chi connectivity index (χ4n) is 3.43. The molecule has 0 aromatic heterocycles. The van der Waals surface area contributed by atoms with Gasteiger partial charge in [0.2, 0.25) is 0 Å². The first kappa shape index (κ1) is 16.1. The first-order chi connectivity index (χ1) is 10.0. The van der Waals surface area contributed by atoms with E-state index in [2.05, 4.69) is 4.90 Å². The lowest BCUT2D eigenvalue weighted by Crippen LogP contribution is -2.53. The van der Waals surface area contributed by atoms with Gasteiger partial charge in [-0.05, 0) is 62.5 Å². The van der Waals surface area contributed by atoms with Gasteiger partial charge in [0, 0.05) is 6.42 Å². The second-order valence-corrected chi connectivity index (χ2v) is 5.77. The van der Waals surface area contributed by atoms with Gasteiger partial charge in [-0.15, -0.1) is 0 Å². The summed E-state index contributed by atoms with van der Waals surface area (Å²) >= 11 is 0. The number of ketones is 1. The highest BCUT2D eigenvalue weighted by molar-refractivity contribution is 5.90. The van der Waals surface area contributed by atoms with Crippen LogP contribution in [0.15, 0.2) is 18.2 Å². The smallest absolute Gasteiger partial charge is 0.157 e. The standard InChI is InChI=1S/C17H23F2NO/c1-3-17(4-2,20-9-5-6-10-20)16(21)12-13-11-14(18)7-8-15(13)19/h7-8,11H,3-6,9-10,12H2,1-2H3. The molecule has 1 aromatic rings. The van der Waals surface area contributed by atoms with Gasteiger partial charge in [-0.1, -0.05) is 13.8 Å². The van der Waals surface area contributed by atoms with E-state index in [-0.39, 0.29) is 17.8 Å². The SMILES string of the molecule is CCC(CC)(C(=O)Cc1cc(F)ccc1F)N1CCCC1. The van der Waals surface area contributed by atoms with Crippen molar-refractivity contribution in [3.05, 3.63) is 35.4 Å². The van der Waals surface area contributed by atoms with Gasteiger partial charge in [-0.2, -0.15) is 0 Å². The molecule has 116 valence electrons. The molecule has 4 heteroatoms. The van der Waals surface area contributed by atoms with Gasteiger partial charge in [0.15, 0.2) is 5.78 Å². The first-order valence-electron chi connectivity index (χ1n) is 7.75. The number of Topliss-reactive ketones (excluding diaryl/α,β-unsaturated/α-hetero) is 1. The van der Waals surface area contributed by atoms with Crippen LogP contribution in [0.25, 0.3) is 0 Å². The minimum atomic E-state index is -0.532. The number of rotatable bonds is 6. The highest BCUT2D eigenvalue weighted by atomic mass is 19.1. The summed E-state index contributed by atoms with van der Waals surface area (Å²) in [5.74, 6) is -1.01. The van der Waals surface area contributed by atoms with Crippen molar-refractivity contribution in [2.75, 3.05) is 13.1 Å². The van der Waals surface area contributed by atoms with E-state index in [4.69, 9.17) is 0 Å². The maximum absolute atomic E-state index is 13.8. The predicted octanol–water partition coefficient (Wildman–Crippen LogP) is 3.73. The number of likely N-dealkylation sites (tertiary alicyclic amines) is 1. The van der Waals surface area contributed by atoms with Gasteiger partial charge in [0.1, 0.15) is 11.6 Å². The fraction of sp³-hybridized carbons (Fsp3) is 0.588. The van der Waals surface area contributed by atoms with Gasteiger partial charge in [-0.3, -0.25) is 9.69 Å². The van der Waals surface area contributed by atoms with Crippen LogP contribution in [-0.4, -0.2) is 29.3 Å². The molecule has 0 saturated carbocycles. The monoisotopic (exact) mass is 295 g/mol. The van der Waals surface area contributed by atoms with Gasteiger partial charge in [0.25, 0.3) is 0 Å². The first-order valence-corrected chi connectivity index (χ1v) is 7.75. The molecule has 1 aliphatic rings. The fourth-order valence-corrected chi connectivity index (χ4v) is 3.43. The molecular formula is C17H23F2NO. The second-order valence-electron chi connectivity index (χ2n) is 5.77. The Balaban J connectivity index is 2.24. The van der Waals surface area contributed by atoms with Crippen LogP contribution in [0.1, 0.15) is 45.1 Å². The number of nitrogens with zero attached hydrogens (tertiary/aromatic N) is 1. The molecule has 0 amide bonds. The summed E-state index contributed by atoms with van der Waals surface area (Å²) in [5.41, 5.74) is -0.375. The molecule has 1 aromatic carbocycles. The van der Waals surface area contributed by atoms with Crippen molar-refractivity contribution in [2.45, 2.75) is 51.5 Å². The molecule has 0 atom stereocenters. The van der Waals surface area contributed by atoms with Crippen molar-refractivity contribution in [1.29, 1.82) is 0 Å². The number of hydrogen-bond donors (Lipinski definition) is 0. The molecule has 1 fully saturated rings. The Morgan fingerprint density at radius 2 is 1.81 bits per heavy atom. The van der Waals surface area contributed by atoms with E-state index in [9.17, 15) is 13.6 Å². The van der Waals surface area contributed by atoms with Gasteiger partial charge < -0.3 is 0 Å². The lowest BCUT2D eigenvalue weighted by molar-refractivity contribution is -0.130. The summed E-state index contributed by atoms with van der Waals surface area (Å²) in [6, 6.07) is 3.30. The highest BCUT2D eigenvalue weighted by Crippen LogP contribution is 2.30. The van der Waals surface area contributed by atoms with Crippen molar-refractivity contribution in [1.82, 2.24) is 4.90 Å². The Kier molecular flexibility index (Phi) is 5.09. The zero-order chi connectivity index (χ0) is 15.5. The molecular weight excluding hydrogens is 272 g/mol. The third-order valence-corrected chi connectivity index (χ3v) is 4.76. The molecule has 1 aliphatic heterocycles. The lowest BCUT2D eigenvalue weighted by Gasteiger charge is -2.39. The number of hydrogen-bond acceptors (Lipinski definition) is 2. The normalized spacial score (nSPS) is 16.4. The van der Waals surface area contributed by atoms with E-state index < -0.39 is 17.2 Å². The van der Waals surface area contributed by atoms with E-state index in [1.54, 1.807) is 0 Å². The molecule has 0 bridgehead atoms. The van der Waals surface area contributed by atoms with Crippen molar-refractivity contribution < 1.29 is 13.6 Å². The summed E-state index contributed by atoms with van der Waals surface area (Å²) in [6.07, 6.45) is 3.58. The number of halogens is 2. The quantitative estimate of drug-likeness (QED) is 0.797. The molecule has 1 heterocycles. The van der Waals surface area contributed by atoms with Crippen molar-refractivity contribution in [3.63, 3.8) is 0 Å². The third kappa shape index (κ3) is 3.15. The lowest BCUT2D eigenvalue weighted by atomic mass is 9.83. The largest absolute Gasteiger partial charge is 0.297 e. The highest BCUT2D eigenvalue weighted by Gasteiger charge is 2.41. The van der Waals surface area contributed by atoms with Crippen LogP contribution >= 0.6 is 0 Å². The molecule has 2 rings (SSSR count). The van der Waals surface area contributed by atoms with Crippen LogP contribution in [-0.2, 0) is 11.2 Å². The second kappa shape index (κ2) is 6.65. The zero-order valence-electron chi connectivity index (χ0n) is 12.8. The van der Waals surface area contributed by atoms with E-state index in [1.807, 2.05) is 13.8 Å². The van der Waals surface area contributed by atoms with Crippen LogP contribution in [0.3, 0.4) is 0 Å². The van der Waals surface area contributed by atoms with Gasteiger partial charge in [-0.25, -0.2) is 8.78 Å². The average molecular weight is 295 g/mol. The molecule has 0 aliphatic carbocycles. The Morgan fingerprint density at radius 3 is 2.38 bits per heavy atom. The Hall–Kier alpha value is -1.29. The Morgan fingerprint density at radius 1 is 1.19 bits per heavy atom. The summed E-state index contributed by atoms with van der Waals surface area (Å²) in [6.45, 7) is 5.83. The van der Waals surface area contributed by atoms with Crippen LogP contribution in [0.4, 0.5) is 8.78 Å². The minimum absolute atomic E-state index is 0.00102. The molecule has 0 unspecified atom stereocenters. The molecule has 1 saturated heterocycles. The van der Waals surface area contributed by atoms with Crippen molar-refractivity contribution in [3.8, 4) is 0 Å². The molecule has 0 N–H and O–H groups in total. The van der Waals surface area contributed by atoms with Crippen LogP contribution < -0.4 is 0 Å². The molecule has 2 nitrogen and oxygen atoms in total. The average Bonchev–Trinajstić information content (AvgIpc) is 2.99.